The summed E-state index contributed by atoms with van der Waals surface area (Å²) in [6, 6.07) is 0. The minimum absolute atomic E-state index is 0.0262. The molecule has 1 aromatic rings. The molecule has 3 heterocycles. The van der Waals surface area contributed by atoms with Crippen LogP contribution in [0.25, 0.3) is 5.57 Å². The molecule has 5 nitrogen and oxygen atoms in total. The van der Waals surface area contributed by atoms with Gasteiger partial charge in [0.2, 0.25) is 0 Å². The fourth-order valence-electron chi connectivity index (χ4n) is 6.39. The van der Waals surface area contributed by atoms with Crippen LogP contribution in [0.2, 0.25) is 18.1 Å². The quantitative estimate of drug-likeness (QED) is 0.472. The van der Waals surface area contributed by atoms with Gasteiger partial charge in [0, 0.05) is 42.1 Å². The van der Waals surface area contributed by atoms with Crippen LogP contribution in [0.4, 0.5) is 0 Å². The van der Waals surface area contributed by atoms with Crippen molar-refractivity contribution < 1.29 is 19.0 Å². The van der Waals surface area contributed by atoms with Gasteiger partial charge in [0.05, 0.1) is 25.5 Å². The molecule has 35 heavy (non-hydrogen) atoms. The first-order chi connectivity index (χ1) is 16.6. The Morgan fingerprint density at radius 2 is 1.89 bits per heavy atom. The summed E-state index contributed by atoms with van der Waals surface area (Å²) in [4.78, 5) is 5.44. The van der Waals surface area contributed by atoms with E-state index in [2.05, 4.69) is 39.9 Å². The smallest absolute Gasteiger partial charge is 0.0705 e. The molecular formula is C29H45NO4Si-. The van der Waals surface area contributed by atoms with Crippen LogP contribution in [-0.2, 0) is 26.9 Å². The van der Waals surface area contributed by atoms with E-state index in [0.717, 1.165) is 63.2 Å². The first-order valence-electron chi connectivity index (χ1n) is 13.8. The monoisotopic (exact) mass is 499 g/mol. The highest BCUT2D eigenvalue weighted by atomic mass is 28.4. The topological polar surface area (TPSA) is 60.8 Å². The van der Waals surface area contributed by atoms with Crippen LogP contribution in [0.15, 0.2) is 6.08 Å². The van der Waals surface area contributed by atoms with Crippen molar-refractivity contribution in [3.63, 3.8) is 0 Å². The molecule has 1 saturated heterocycles. The van der Waals surface area contributed by atoms with E-state index in [1.807, 2.05) is 0 Å². The number of fused-ring (bicyclic) bond motifs is 1. The Morgan fingerprint density at radius 1 is 1.14 bits per heavy atom. The lowest BCUT2D eigenvalue weighted by Crippen LogP contribution is -2.46. The van der Waals surface area contributed by atoms with Gasteiger partial charge in [0.25, 0.3) is 0 Å². The Morgan fingerprint density at radius 3 is 2.46 bits per heavy atom. The van der Waals surface area contributed by atoms with Gasteiger partial charge < -0.3 is 19.0 Å². The molecule has 195 valence electrons. The van der Waals surface area contributed by atoms with Crippen LogP contribution in [0, 0.1) is 5.41 Å². The van der Waals surface area contributed by atoms with E-state index in [0.29, 0.717) is 17.9 Å². The van der Waals surface area contributed by atoms with E-state index in [1.54, 1.807) is 0 Å². The molecule has 5 rings (SSSR count). The summed E-state index contributed by atoms with van der Waals surface area (Å²) in [5, 5.41) is 11.0. The lowest BCUT2D eigenvalue weighted by Gasteiger charge is -2.56. The Kier molecular flexibility index (Phi) is 7.08. The van der Waals surface area contributed by atoms with Gasteiger partial charge >= 0.3 is 0 Å². The van der Waals surface area contributed by atoms with Gasteiger partial charge in [0.15, 0.2) is 0 Å². The van der Waals surface area contributed by atoms with Crippen LogP contribution in [0.1, 0.15) is 106 Å². The maximum Gasteiger partial charge on any atom is 0.0705 e. The van der Waals surface area contributed by atoms with E-state index in [9.17, 15) is 5.11 Å². The normalized spacial score (nSPS) is 25.2. The van der Waals surface area contributed by atoms with Crippen molar-refractivity contribution in [1.29, 1.82) is 0 Å². The van der Waals surface area contributed by atoms with Crippen molar-refractivity contribution in [2.45, 2.75) is 109 Å². The molecular weight excluding hydrogens is 454 g/mol. The summed E-state index contributed by atoms with van der Waals surface area (Å²) in [7, 11) is -2.01. The zero-order chi connectivity index (χ0) is 24.8. The van der Waals surface area contributed by atoms with Gasteiger partial charge in [-0.25, -0.2) is 0 Å². The van der Waals surface area contributed by atoms with Gasteiger partial charge in [-0.3, -0.25) is 4.98 Å². The molecule has 1 spiro atoms. The average Bonchev–Trinajstić information content (AvgIpc) is 2.82. The zero-order valence-corrected chi connectivity index (χ0v) is 23.5. The number of ether oxygens (including phenoxy) is 2. The standard InChI is InChI=1S/C29H45NO4Si/c1-28(2,3)35(4,5)34-24-18-29(11-6-12-29)17-23-26(24)25(20-7-13-32-14-8-20)22(19-31)27(30-23)21-9-15-33-16-10-21/h7,21,24,31H,6,8-19H2,1-5H3/q-1/t24-/m0/s1. The Labute approximate surface area is 212 Å². The third kappa shape index (κ3) is 4.82. The molecule has 1 aromatic heterocycles. The number of hydrogen-bond acceptors (Lipinski definition) is 5. The third-order valence-corrected chi connectivity index (χ3v) is 14.1. The molecule has 2 aliphatic heterocycles. The number of aliphatic hydroxyl groups excluding tert-OH is 1. The molecule has 0 radical (unpaired) electrons. The highest BCUT2D eigenvalue weighted by Gasteiger charge is 2.46. The molecule has 2 aliphatic carbocycles. The fourth-order valence-corrected chi connectivity index (χ4v) is 7.66. The van der Waals surface area contributed by atoms with Crippen molar-refractivity contribution in [3.8, 4) is 0 Å². The first-order valence-corrected chi connectivity index (χ1v) is 16.7. The molecule has 1 atom stereocenters. The predicted molar refractivity (Wildman–Crippen MR) is 142 cm³/mol. The second-order valence-electron chi connectivity index (χ2n) is 12.9. The van der Waals surface area contributed by atoms with E-state index in [-0.39, 0.29) is 17.7 Å². The Bertz CT molecular complexity index is 970. The van der Waals surface area contributed by atoms with E-state index >= 15 is 0 Å². The molecule has 0 unspecified atom stereocenters. The number of rotatable bonds is 5. The number of aliphatic hydroxyl groups is 1. The maximum absolute atomic E-state index is 10.8. The van der Waals surface area contributed by atoms with Crippen LogP contribution in [0.5, 0.6) is 0 Å². The summed E-state index contributed by atoms with van der Waals surface area (Å²) in [6.45, 7) is 14.7. The zero-order valence-electron chi connectivity index (χ0n) is 22.5. The van der Waals surface area contributed by atoms with E-state index < -0.39 is 8.32 Å². The number of hydrogen-bond donors (Lipinski definition) is 1. The van der Waals surface area contributed by atoms with E-state index in [4.69, 9.17) is 18.9 Å². The van der Waals surface area contributed by atoms with Crippen molar-refractivity contribution in [2.24, 2.45) is 5.41 Å². The van der Waals surface area contributed by atoms with Crippen LogP contribution in [0.3, 0.4) is 0 Å². The lowest BCUT2D eigenvalue weighted by molar-refractivity contribution is 0.0294. The Balaban J connectivity index is 1.70. The van der Waals surface area contributed by atoms with E-state index in [1.165, 1.54) is 41.7 Å². The molecule has 0 amide bonds. The third-order valence-electron chi connectivity index (χ3n) is 9.64. The van der Waals surface area contributed by atoms with Crippen molar-refractivity contribution in [2.75, 3.05) is 26.4 Å². The average molecular weight is 500 g/mol. The molecule has 2 fully saturated rings. The van der Waals surface area contributed by atoms with Gasteiger partial charge in [-0.05, 0) is 69.8 Å². The first kappa shape index (κ1) is 25.6. The highest BCUT2D eigenvalue weighted by Crippen LogP contribution is 2.57. The molecule has 1 N–H and O–H groups in total. The SMILES string of the molecule is CC(C)(C)[Si-](C)(C)O[C@H]1CC2(CCC2)Cc2nc(C3CCOCC3)c(CO)c(C3=CCOCC3)c21. The van der Waals surface area contributed by atoms with Gasteiger partial charge in [-0.1, -0.05) is 33.3 Å². The molecule has 0 bridgehead atoms. The highest BCUT2D eigenvalue weighted by molar-refractivity contribution is 6.74. The molecule has 6 heteroatoms. The number of nitrogens with zero attached hydrogens (tertiary/aromatic N) is 1. The number of pyridine rings is 1. The van der Waals surface area contributed by atoms with Gasteiger partial charge in [-0.15, -0.1) is 18.1 Å². The summed E-state index contributed by atoms with van der Waals surface area (Å²) in [6.07, 6.45) is 11.2. The van der Waals surface area contributed by atoms with Gasteiger partial charge in [0.1, 0.15) is 0 Å². The number of aromatic nitrogens is 1. The predicted octanol–water partition coefficient (Wildman–Crippen LogP) is 6.45. The van der Waals surface area contributed by atoms with Crippen molar-refractivity contribution in [1.82, 2.24) is 4.98 Å². The van der Waals surface area contributed by atoms with Crippen molar-refractivity contribution in [3.05, 3.63) is 34.2 Å². The summed E-state index contributed by atoms with van der Waals surface area (Å²) >= 11 is 0. The molecule has 1 saturated carbocycles. The second kappa shape index (κ2) is 9.68. The maximum atomic E-state index is 10.8. The van der Waals surface area contributed by atoms with Gasteiger partial charge in [-0.2, -0.15) is 0 Å². The molecule has 0 aromatic carbocycles. The fraction of sp³-hybridized carbons (Fsp3) is 0.759. The minimum Gasteiger partial charge on any atom is -0.559 e. The van der Waals surface area contributed by atoms with Crippen molar-refractivity contribution >= 4 is 13.9 Å². The lowest BCUT2D eigenvalue weighted by atomic mass is 9.59. The van der Waals surface area contributed by atoms with Crippen LogP contribution in [-0.4, -0.2) is 44.8 Å². The summed E-state index contributed by atoms with van der Waals surface area (Å²) < 4.78 is 18.6. The minimum atomic E-state index is -2.01. The summed E-state index contributed by atoms with van der Waals surface area (Å²) in [5.41, 5.74) is 7.61. The molecule has 4 aliphatic rings. The van der Waals surface area contributed by atoms with Crippen LogP contribution >= 0.6 is 0 Å². The Hall–Kier alpha value is -1.05. The largest absolute Gasteiger partial charge is 0.559 e. The van der Waals surface area contributed by atoms with Crippen LogP contribution < -0.4 is 0 Å². The summed E-state index contributed by atoms with van der Waals surface area (Å²) in [5.74, 6) is 0.356. The second-order valence-corrected chi connectivity index (χ2v) is 17.7.